The number of carbonyl (C=O) groups is 2. The van der Waals surface area contributed by atoms with Gasteiger partial charge in [0, 0.05) is 0 Å². The van der Waals surface area contributed by atoms with E-state index in [1.165, 1.54) is 360 Å². The van der Waals surface area contributed by atoms with Gasteiger partial charge in [-0.05, 0) is 12.8 Å². The maximum atomic E-state index is 11.3. The quantitative estimate of drug-likeness (QED) is 0.0471. The number of rotatable bonds is 52. The monoisotopic (exact) mass is 1230 g/mol. The van der Waals surface area contributed by atoms with E-state index in [9.17, 15) is 9.59 Å². The average Bonchev–Trinajstić information content (AvgIpc) is 3.49. The Morgan fingerprint density at radius 3 is 0.402 bits per heavy atom. The second-order valence-electron chi connectivity index (χ2n) is 24.3. The van der Waals surface area contributed by atoms with Gasteiger partial charge in [0.2, 0.25) is 5.91 Å². The lowest BCUT2D eigenvalue weighted by atomic mass is 10.0. The Kier molecular flexibility index (Phi) is 122. The molecule has 0 saturated heterocycles. The minimum Gasteiger partial charge on any atom is -0.351 e. The summed E-state index contributed by atoms with van der Waals surface area (Å²) in [4.78, 5) is 21.6. The first-order valence-electron chi connectivity index (χ1n) is 38.2. The Morgan fingerprint density at radius 1 is 0.232 bits per heavy atom. The first-order chi connectivity index (χ1) is 39.9. The zero-order valence-electron chi connectivity index (χ0n) is 60.8. The minimum absolute atomic E-state index is 0.375. The summed E-state index contributed by atoms with van der Waals surface area (Å²) in [5, 5.41) is 2.04. The normalized spacial score (nSPS) is 10.3. The van der Waals surface area contributed by atoms with Crippen molar-refractivity contribution in [3.05, 3.63) is 0 Å². The number of alkyl halides is 1. The van der Waals surface area contributed by atoms with Gasteiger partial charge in [-0.2, -0.15) is 0 Å². The van der Waals surface area contributed by atoms with Gasteiger partial charge >= 0.3 is 6.03 Å². The van der Waals surface area contributed by atoms with E-state index >= 15 is 0 Å². The molecule has 4 nitrogen and oxygen atoms in total. The highest BCUT2D eigenvalue weighted by atomic mass is 79.9. The average molecular weight is 1230 g/mol. The Labute approximate surface area is 533 Å². The number of unbranched alkanes of at least 4 members (excludes halogenated alkanes) is 49. The standard InChI is InChI=1S/7C10H22.C7H13BrN2O2/c7*1-3-5-7-9-10-8-6-4-2;1-3-7(8,4-2)5(11)10-6(9)12/h7*3-10H2,1-2H3;3-4H2,1-2H3,(H3,9,10,11,12). The fourth-order valence-electron chi connectivity index (χ4n) is 9.24. The predicted molar refractivity (Wildman–Crippen MR) is 388 cm³/mol. The SMILES string of the molecule is CCC(Br)(CC)C(=O)NC(N)=O.CCCCCCCCCC.CCCCCCCCCC.CCCCCCCCCC.CCCCCCCCCC.CCCCCCCCCC.CCCCCCCCCC.CCCCCCCCCC. The molecule has 0 aliphatic heterocycles. The Bertz CT molecular complexity index is 773. The summed E-state index contributed by atoms with van der Waals surface area (Å²) in [6.07, 6.45) is 81.4. The highest BCUT2D eigenvalue weighted by Gasteiger charge is 2.32. The van der Waals surface area contributed by atoms with Crippen LogP contribution in [0.2, 0.25) is 0 Å². The molecule has 0 aromatic heterocycles. The third-order valence-electron chi connectivity index (χ3n) is 15.5. The third kappa shape index (κ3) is 118. The molecule has 0 aliphatic carbocycles. The number of halogens is 1. The summed E-state index contributed by atoms with van der Waals surface area (Å²) >= 11 is 3.26. The van der Waals surface area contributed by atoms with Crippen LogP contribution in [-0.4, -0.2) is 16.3 Å². The molecule has 0 fully saturated rings. The lowest BCUT2D eigenvalue weighted by molar-refractivity contribution is -0.122. The number of nitrogens with one attached hydrogen (secondary N) is 1. The highest BCUT2D eigenvalue weighted by molar-refractivity contribution is 9.10. The molecule has 0 rings (SSSR count). The van der Waals surface area contributed by atoms with Crippen LogP contribution in [0.15, 0.2) is 0 Å². The molecule has 504 valence electrons. The van der Waals surface area contributed by atoms with Crippen molar-refractivity contribution >= 4 is 27.9 Å². The lowest BCUT2D eigenvalue weighted by Gasteiger charge is -2.21. The van der Waals surface area contributed by atoms with Gasteiger partial charge in [-0.3, -0.25) is 10.1 Å². The summed E-state index contributed by atoms with van der Waals surface area (Å²) in [7, 11) is 0. The number of amides is 3. The van der Waals surface area contributed by atoms with Gasteiger partial charge < -0.3 is 5.73 Å². The van der Waals surface area contributed by atoms with Crippen LogP contribution in [0, 0.1) is 0 Å². The molecule has 82 heavy (non-hydrogen) atoms. The molecule has 0 unspecified atom stereocenters. The third-order valence-corrected chi connectivity index (χ3v) is 16.9. The molecular formula is C77H167BrN2O2. The maximum Gasteiger partial charge on any atom is 0.318 e. The van der Waals surface area contributed by atoms with E-state index in [2.05, 4.69) is 113 Å². The van der Waals surface area contributed by atoms with Crippen molar-refractivity contribution in [2.24, 2.45) is 5.73 Å². The number of urea groups is 1. The van der Waals surface area contributed by atoms with Crippen molar-refractivity contribution in [3.8, 4) is 0 Å². The fraction of sp³-hybridized carbons (Fsp3) is 0.974. The van der Waals surface area contributed by atoms with Crippen molar-refractivity contribution in [1.82, 2.24) is 5.32 Å². The van der Waals surface area contributed by atoms with E-state index in [4.69, 9.17) is 5.73 Å². The molecule has 0 atom stereocenters. The van der Waals surface area contributed by atoms with Gasteiger partial charge in [0.15, 0.2) is 0 Å². The van der Waals surface area contributed by atoms with Gasteiger partial charge in [0.1, 0.15) is 4.32 Å². The second kappa shape index (κ2) is 102. The van der Waals surface area contributed by atoms with Crippen LogP contribution in [0.3, 0.4) is 0 Å². The molecule has 5 heteroatoms. The van der Waals surface area contributed by atoms with E-state index in [1.54, 1.807) is 0 Å². The van der Waals surface area contributed by atoms with Crippen molar-refractivity contribution < 1.29 is 9.59 Å². The van der Waals surface area contributed by atoms with Crippen LogP contribution in [0.4, 0.5) is 4.79 Å². The Balaban J connectivity index is -0.000000127. The van der Waals surface area contributed by atoms with Crippen LogP contribution in [0.1, 0.15) is 483 Å². The molecule has 0 bridgehead atoms. The molecule has 0 radical (unpaired) electrons. The van der Waals surface area contributed by atoms with E-state index in [-0.39, 0.29) is 5.91 Å². The topological polar surface area (TPSA) is 72.2 Å². The summed E-state index contributed by atoms with van der Waals surface area (Å²) in [5.41, 5.74) is 4.81. The van der Waals surface area contributed by atoms with Crippen molar-refractivity contribution in [1.29, 1.82) is 0 Å². The smallest absolute Gasteiger partial charge is 0.318 e. The fourth-order valence-corrected chi connectivity index (χ4v) is 9.34. The van der Waals surface area contributed by atoms with E-state index < -0.39 is 10.4 Å². The first kappa shape index (κ1) is 97.7. The second-order valence-corrected chi connectivity index (χ2v) is 25.9. The molecule has 0 aliphatic rings. The van der Waals surface area contributed by atoms with Crippen LogP contribution >= 0.6 is 15.9 Å². The molecule has 3 amide bonds. The maximum absolute atomic E-state index is 11.3. The predicted octanol–water partition coefficient (Wildman–Crippen LogP) is 30.2. The molecule has 0 saturated carbocycles. The van der Waals surface area contributed by atoms with E-state index in [1.807, 2.05) is 19.2 Å². The first-order valence-corrected chi connectivity index (χ1v) is 38.9. The van der Waals surface area contributed by atoms with Crippen LogP contribution < -0.4 is 11.1 Å². The summed E-state index contributed by atoms with van der Waals surface area (Å²) in [6, 6.07) is -0.814. The van der Waals surface area contributed by atoms with Crippen molar-refractivity contribution in [2.75, 3.05) is 0 Å². The zero-order valence-corrected chi connectivity index (χ0v) is 62.4. The number of carbonyl (C=O) groups excluding carboxylic acids is 2. The van der Waals surface area contributed by atoms with Gasteiger partial charge in [0.25, 0.3) is 0 Å². The number of primary amides is 1. The lowest BCUT2D eigenvalue weighted by Crippen LogP contribution is -2.46. The van der Waals surface area contributed by atoms with Gasteiger partial charge in [-0.25, -0.2) is 4.79 Å². The number of hydrogen-bond donors (Lipinski definition) is 2. The Morgan fingerprint density at radius 2 is 0.329 bits per heavy atom. The largest absolute Gasteiger partial charge is 0.351 e. The van der Waals surface area contributed by atoms with Gasteiger partial charge in [-0.15, -0.1) is 0 Å². The number of hydrogen-bond acceptors (Lipinski definition) is 2. The number of imide groups is 1. The van der Waals surface area contributed by atoms with E-state index in [0.717, 1.165) is 0 Å². The molecule has 0 heterocycles. The van der Waals surface area contributed by atoms with Crippen LogP contribution in [-0.2, 0) is 4.79 Å². The van der Waals surface area contributed by atoms with Crippen molar-refractivity contribution in [2.45, 2.75) is 488 Å². The molecular weight excluding hydrogens is 1060 g/mol. The molecule has 0 aromatic carbocycles. The summed E-state index contributed by atoms with van der Waals surface area (Å²) in [5.74, 6) is -0.375. The van der Waals surface area contributed by atoms with Crippen LogP contribution in [0.25, 0.3) is 0 Å². The van der Waals surface area contributed by atoms with Gasteiger partial charge in [0.05, 0.1) is 0 Å². The van der Waals surface area contributed by atoms with Crippen molar-refractivity contribution in [3.63, 3.8) is 0 Å². The molecule has 0 spiro atoms. The Hall–Kier alpha value is -0.580. The molecule has 0 aromatic rings. The number of nitrogens with two attached hydrogens (primary N) is 1. The summed E-state index contributed by atoms with van der Waals surface area (Å²) < 4.78 is -0.665. The highest BCUT2D eigenvalue weighted by Crippen LogP contribution is 2.26. The van der Waals surface area contributed by atoms with Crippen LogP contribution in [0.5, 0.6) is 0 Å². The van der Waals surface area contributed by atoms with E-state index in [0.29, 0.717) is 12.8 Å². The van der Waals surface area contributed by atoms with Gasteiger partial charge in [-0.1, -0.05) is 486 Å². The zero-order chi connectivity index (χ0) is 63.4. The summed E-state index contributed by atoms with van der Waals surface area (Å²) in [6.45, 7) is 35.5. The minimum atomic E-state index is -0.814. The molecule has 3 N–H and O–H groups in total.